The highest BCUT2D eigenvalue weighted by molar-refractivity contribution is 8.00. The third-order valence-electron chi connectivity index (χ3n) is 6.85. The van der Waals surface area contributed by atoms with Crippen LogP contribution in [0, 0.1) is 0 Å². The SMILES string of the molecule is CC1CC(c2ccc(Nc3ncc4cccc(SC5CCC(O)CC5)c4n3)cc2)CC(C)O1. The minimum Gasteiger partial charge on any atom is -0.393 e. The fraction of sp³-hybridized carbons (Fsp3) is 0.481. The zero-order chi connectivity index (χ0) is 22.8. The molecule has 5 rings (SSSR count). The molecule has 0 radical (unpaired) electrons. The van der Waals surface area contributed by atoms with Crippen LogP contribution < -0.4 is 5.32 Å². The molecule has 2 heterocycles. The molecule has 0 spiro atoms. The minimum absolute atomic E-state index is 0.128. The quantitative estimate of drug-likeness (QED) is 0.454. The van der Waals surface area contributed by atoms with Gasteiger partial charge in [-0.15, -0.1) is 11.8 Å². The molecule has 33 heavy (non-hydrogen) atoms. The van der Waals surface area contributed by atoms with Gasteiger partial charge in [-0.3, -0.25) is 0 Å². The number of aliphatic hydroxyl groups is 1. The van der Waals surface area contributed by atoms with E-state index in [4.69, 9.17) is 9.72 Å². The standard InChI is InChI=1S/C27H33N3O2S/c1-17-14-21(15-18(2)32-17)19-6-8-22(9-7-19)29-27-28-16-20-4-3-5-25(26(20)30-27)33-24-12-10-23(31)11-13-24/h3-9,16-18,21,23-24,31H,10-15H2,1-2H3,(H,28,29,30). The van der Waals surface area contributed by atoms with Crippen LogP contribution in [0.25, 0.3) is 10.9 Å². The molecule has 2 unspecified atom stereocenters. The van der Waals surface area contributed by atoms with Gasteiger partial charge >= 0.3 is 0 Å². The van der Waals surface area contributed by atoms with Crippen molar-refractivity contribution in [2.45, 2.75) is 86.7 Å². The molecule has 1 aliphatic carbocycles. The molecule has 2 N–H and O–H groups in total. The first-order valence-corrected chi connectivity index (χ1v) is 13.0. The number of fused-ring (bicyclic) bond motifs is 1. The monoisotopic (exact) mass is 463 g/mol. The van der Waals surface area contributed by atoms with Gasteiger partial charge in [-0.25, -0.2) is 9.97 Å². The molecular weight excluding hydrogens is 430 g/mol. The van der Waals surface area contributed by atoms with Gasteiger partial charge in [0.25, 0.3) is 0 Å². The molecule has 1 saturated heterocycles. The van der Waals surface area contributed by atoms with Gasteiger partial charge in [0.05, 0.1) is 23.8 Å². The summed E-state index contributed by atoms with van der Waals surface area (Å²) >= 11 is 1.89. The molecule has 2 aromatic carbocycles. The lowest BCUT2D eigenvalue weighted by atomic mass is 9.86. The van der Waals surface area contributed by atoms with Gasteiger partial charge < -0.3 is 15.2 Å². The molecule has 2 aliphatic rings. The molecule has 0 bridgehead atoms. The topological polar surface area (TPSA) is 67.3 Å². The van der Waals surface area contributed by atoms with Crippen molar-refractivity contribution in [3.8, 4) is 0 Å². The molecule has 3 aromatic rings. The van der Waals surface area contributed by atoms with Crippen LogP contribution in [0.2, 0.25) is 0 Å². The highest BCUT2D eigenvalue weighted by Crippen LogP contribution is 2.37. The Morgan fingerprint density at radius 1 is 0.970 bits per heavy atom. The van der Waals surface area contributed by atoms with E-state index in [-0.39, 0.29) is 6.10 Å². The number of para-hydroxylation sites is 1. The smallest absolute Gasteiger partial charge is 0.227 e. The molecule has 0 amide bonds. The lowest BCUT2D eigenvalue weighted by molar-refractivity contribution is -0.0380. The van der Waals surface area contributed by atoms with Crippen LogP contribution in [0.1, 0.15) is 63.9 Å². The summed E-state index contributed by atoms with van der Waals surface area (Å²) in [6.45, 7) is 4.33. The Balaban J connectivity index is 1.31. The number of aliphatic hydroxyl groups excluding tert-OH is 1. The van der Waals surface area contributed by atoms with Gasteiger partial charge in [-0.05, 0) is 82.1 Å². The molecule has 6 heteroatoms. The van der Waals surface area contributed by atoms with E-state index < -0.39 is 0 Å². The van der Waals surface area contributed by atoms with E-state index in [0.717, 1.165) is 55.1 Å². The number of aromatic nitrogens is 2. The highest BCUT2D eigenvalue weighted by atomic mass is 32.2. The van der Waals surface area contributed by atoms with Gasteiger partial charge in [0.15, 0.2) is 0 Å². The third-order valence-corrected chi connectivity index (χ3v) is 8.24. The summed E-state index contributed by atoms with van der Waals surface area (Å²) in [5.74, 6) is 1.17. The number of hydrogen-bond acceptors (Lipinski definition) is 6. The van der Waals surface area contributed by atoms with Crippen molar-refractivity contribution in [1.29, 1.82) is 0 Å². The maximum atomic E-state index is 9.81. The predicted octanol–water partition coefficient (Wildman–Crippen LogP) is 6.44. The zero-order valence-corrected chi connectivity index (χ0v) is 20.2. The van der Waals surface area contributed by atoms with E-state index in [1.807, 2.05) is 18.0 Å². The Bertz CT molecular complexity index is 1070. The molecular formula is C27H33N3O2S. The first kappa shape index (κ1) is 22.6. The lowest BCUT2D eigenvalue weighted by Crippen LogP contribution is -2.28. The minimum atomic E-state index is -0.128. The number of rotatable bonds is 5. The predicted molar refractivity (Wildman–Crippen MR) is 135 cm³/mol. The van der Waals surface area contributed by atoms with Gasteiger partial charge in [0, 0.05) is 27.4 Å². The van der Waals surface area contributed by atoms with E-state index >= 15 is 0 Å². The number of hydrogen-bond donors (Lipinski definition) is 2. The average molecular weight is 464 g/mol. The van der Waals surface area contributed by atoms with Crippen LogP contribution >= 0.6 is 11.8 Å². The van der Waals surface area contributed by atoms with Crippen molar-refractivity contribution in [2.75, 3.05) is 5.32 Å². The number of benzene rings is 2. The molecule has 5 nitrogen and oxygen atoms in total. The van der Waals surface area contributed by atoms with Gasteiger partial charge in [0.1, 0.15) is 0 Å². The van der Waals surface area contributed by atoms with E-state index in [1.54, 1.807) is 0 Å². The van der Waals surface area contributed by atoms with Crippen LogP contribution in [0.5, 0.6) is 0 Å². The number of ether oxygens (including phenoxy) is 1. The summed E-state index contributed by atoms with van der Waals surface area (Å²) in [7, 11) is 0. The van der Waals surface area contributed by atoms with Crippen molar-refractivity contribution < 1.29 is 9.84 Å². The Morgan fingerprint density at radius 2 is 1.70 bits per heavy atom. The fourth-order valence-electron chi connectivity index (χ4n) is 5.17. The van der Waals surface area contributed by atoms with Gasteiger partial charge in [-0.2, -0.15) is 0 Å². The third kappa shape index (κ3) is 5.51. The summed E-state index contributed by atoms with van der Waals surface area (Å²) in [6, 6.07) is 15.0. The average Bonchev–Trinajstić information content (AvgIpc) is 2.81. The van der Waals surface area contributed by atoms with Crippen molar-refractivity contribution in [1.82, 2.24) is 9.97 Å². The number of nitrogens with one attached hydrogen (secondary N) is 1. The molecule has 174 valence electrons. The lowest BCUT2D eigenvalue weighted by Gasteiger charge is -2.32. The van der Waals surface area contributed by atoms with E-state index in [0.29, 0.717) is 29.3 Å². The molecule has 1 aliphatic heterocycles. The van der Waals surface area contributed by atoms with Gasteiger partial charge in [0.2, 0.25) is 5.95 Å². The van der Waals surface area contributed by atoms with Crippen LogP contribution in [0.4, 0.5) is 11.6 Å². The fourth-order valence-corrected chi connectivity index (χ4v) is 6.47. The largest absolute Gasteiger partial charge is 0.393 e. The maximum absolute atomic E-state index is 9.81. The van der Waals surface area contributed by atoms with Crippen LogP contribution in [0.3, 0.4) is 0 Å². The second kappa shape index (κ2) is 10.00. The van der Waals surface area contributed by atoms with Crippen LogP contribution in [-0.4, -0.2) is 38.6 Å². The highest BCUT2D eigenvalue weighted by Gasteiger charge is 2.25. The summed E-state index contributed by atoms with van der Waals surface area (Å²) in [4.78, 5) is 10.6. The molecule has 2 atom stereocenters. The number of thioether (sulfide) groups is 1. The van der Waals surface area contributed by atoms with Crippen molar-refractivity contribution in [2.24, 2.45) is 0 Å². The Hall–Kier alpha value is -2.15. The second-order valence-electron chi connectivity index (χ2n) is 9.61. The molecule has 1 saturated carbocycles. The summed E-state index contributed by atoms with van der Waals surface area (Å²) in [5.41, 5.74) is 3.36. The van der Waals surface area contributed by atoms with Gasteiger partial charge in [-0.1, -0.05) is 24.3 Å². The Kier molecular flexibility index (Phi) is 6.86. The summed E-state index contributed by atoms with van der Waals surface area (Å²) in [5, 5.41) is 14.8. The number of anilines is 2. The Labute approximate surface area is 200 Å². The summed E-state index contributed by atoms with van der Waals surface area (Å²) in [6.07, 6.45) is 8.44. The first-order chi connectivity index (χ1) is 16.0. The normalized spacial score (nSPS) is 28.0. The maximum Gasteiger partial charge on any atom is 0.227 e. The number of nitrogens with zero attached hydrogens (tertiary/aromatic N) is 2. The second-order valence-corrected chi connectivity index (χ2v) is 11.0. The van der Waals surface area contributed by atoms with E-state index in [1.165, 1.54) is 10.5 Å². The van der Waals surface area contributed by atoms with Crippen molar-refractivity contribution >= 4 is 34.3 Å². The zero-order valence-electron chi connectivity index (χ0n) is 19.4. The van der Waals surface area contributed by atoms with E-state index in [2.05, 4.69) is 66.6 Å². The van der Waals surface area contributed by atoms with E-state index in [9.17, 15) is 5.11 Å². The van der Waals surface area contributed by atoms with Crippen molar-refractivity contribution in [3.05, 3.63) is 54.2 Å². The molecule has 1 aromatic heterocycles. The Morgan fingerprint density at radius 3 is 2.42 bits per heavy atom. The molecule has 2 fully saturated rings. The first-order valence-electron chi connectivity index (χ1n) is 12.2. The summed E-state index contributed by atoms with van der Waals surface area (Å²) < 4.78 is 5.90. The van der Waals surface area contributed by atoms with Crippen LogP contribution in [-0.2, 0) is 4.74 Å². The van der Waals surface area contributed by atoms with Crippen LogP contribution in [0.15, 0.2) is 53.6 Å². The van der Waals surface area contributed by atoms with Crippen molar-refractivity contribution in [3.63, 3.8) is 0 Å².